The summed E-state index contributed by atoms with van der Waals surface area (Å²) in [7, 11) is 1.32. The highest BCUT2D eigenvalue weighted by molar-refractivity contribution is 5.97. The Morgan fingerprint density at radius 2 is 1.77 bits per heavy atom. The van der Waals surface area contributed by atoms with Crippen LogP contribution in [0.15, 0.2) is 12.1 Å². The second kappa shape index (κ2) is 9.36. The lowest BCUT2D eigenvalue weighted by molar-refractivity contribution is -0.125. The zero-order valence-electron chi connectivity index (χ0n) is 15.8. The smallest absolute Gasteiger partial charge is 0.338 e. The maximum absolute atomic E-state index is 12.1. The third kappa shape index (κ3) is 5.58. The van der Waals surface area contributed by atoms with E-state index in [9.17, 15) is 14.4 Å². The fourth-order valence-electron chi connectivity index (χ4n) is 3.36. The summed E-state index contributed by atoms with van der Waals surface area (Å²) in [6, 6.07) is 3.39. The SMILES string of the molecule is COC(=O)c1cc(NC(=O)CNC(=O)CC2CCCCC2)cc(C)c1C. The number of carbonyl (C=O) groups is 3. The van der Waals surface area contributed by atoms with Gasteiger partial charge in [-0.1, -0.05) is 19.3 Å². The zero-order valence-corrected chi connectivity index (χ0v) is 15.8. The van der Waals surface area contributed by atoms with Crippen LogP contribution in [0.4, 0.5) is 5.69 Å². The topological polar surface area (TPSA) is 84.5 Å². The largest absolute Gasteiger partial charge is 0.465 e. The van der Waals surface area contributed by atoms with Gasteiger partial charge in [-0.25, -0.2) is 4.79 Å². The Morgan fingerprint density at radius 3 is 2.42 bits per heavy atom. The highest BCUT2D eigenvalue weighted by Crippen LogP contribution is 2.26. The van der Waals surface area contributed by atoms with Crippen LogP contribution in [0.5, 0.6) is 0 Å². The van der Waals surface area contributed by atoms with Crippen molar-refractivity contribution in [2.75, 3.05) is 19.0 Å². The second-order valence-corrected chi connectivity index (χ2v) is 6.99. The Labute approximate surface area is 154 Å². The predicted octanol–water partition coefficient (Wildman–Crippen LogP) is 3.12. The summed E-state index contributed by atoms with van der Waals surface area (Å²) in [5.74, 6) is -0.403. The number of hydrogen-bond acceptors (Lipinski definition) is 4. The number of carbonyl (C=O) groups excluding carboxylic acids is 3. The molecule has 0 radical (unpaired) electrons. The standard InChI is InChI=1S/C20H28N2O4/c1-13-9-16(11-17(14(13)2)20(25)26-3)22-19(24)12-21-18(23)10-15-7-5-4-6-8-15/h9,11,15H,4-8,10,12H2,1-3H3,(H,21,23)(H,22,24). The van der Waals surface area contributed by atoms with Gasteiger partial charge in [0.15, 0.2) is 0 Å². The summed E-state index contributed by atoms with van der Waals surface area (Å²) < 4.78 is 4.77. The molecule has 2 N–H and O–H groups in total. The molecule has 0 atom stereocenters. The lowest BCUT2D eigenvalue weighted by atomic mass is 9.87. The van der Waals surface area contributed by atoms with E-state index in [4.69, 9.17) is 4.74 Å². The molecule has 1 aromatic rings. The van der Waals surface area contributed by atoms with Gasteiger partial charge < -0.3 is 15.4 Å². The molecule has 0 unspecified atom stereocenters. The van der Waals surface area contributed by atoms with Crippen molar-refractivity contribution in [1.82, 2.24) is 5.32 Å². The Balaban J connectivity index is 1.88. The number of nitrogens with one attached hydrogen (secondary N) is 2. The van der Waals surface area contributed by atoms with Gasteiger partial charge in [0.1, 0.15) is 0 Å². The summed E-state index contributed by atoms with van der Waals surface area (Å²) in [5.41, 5.74) is 2.63. The van der Waals surface area contributed by atoms with Gasteiger partial charge in [-0.2, -0.15) is 0 Å². The van der Waals surface area contributed by atoms with Gasteiger partial charge in [-0.15, -0.1) is 0 Å². The molecule has 0 heterocycles. The number of methoxy groups -OCH3 is 1. The Morgan fingerprint density at radius 1 is 1.08 bits per heavy atom. The Kier molecular flexibility index (Phi) is 7.18. The van der Waals surface area contributed by atoms with Gasteiger partial charge in [0, 0.05) is 12.1 Å². The number of rotatable bonds is 6. The number of benzene rings is 1. The summed E-state index contributed by atoms with van der Waals surface area (Å²) >= 11 is 0. The average molecular weight is 360 g/mol. The molecule has 1 aromatic carbocycles. The molecule has 1 aliphatic rings. The van der Waals surface area contributed by atoms with E-state index in [1.165, 1.54) is 26.4 Å². The fraction of sp³-hybridized carbons (Fsp3) is 0.550. The normalized spacial score (nSPS) is 14.6. The summed E-state index contributed by atoms with van der Waals surface area (Å²) in [5, 5.41) is 5.41. The molecule has 6 heteroatoms. The van der Waals surface area contributed by atoms with Gasteiger partial charge in [0.05, 0.1) is 19.2 Å². The predicted molar refractivity (Wildman–Crippen MR) is 100 cm³/mol. The minimum absolute atomic E-state index is 0.0773. The van der Waals surface area contributed by atoms with Crippen molar-refractivity contribution in [2.45, 2.75) is 52.4 Å². The first-order chi connectivity index (χ1) is 12.4. The number of aryl methyl sites for hydroxylation is 1. The monoisotopic (exact) mass is 360 g/mol. The van der Waals surface area contributed by atoms with Crippen LogP contribution in [0.3, 0.4) is 0 Å². The zero-order chi connectivity index (χ0) is 19.1. The second-order valence-electron chi connectivity index (χ2n) is 6.99. The highest BCUT2D eigenvalue weighted by Gasteiger charge is 2.18. The number of hydrogen-bond donors (Lipinski definition) is 2. The first-order valence-electron chi connectivity index (χ1n) is 9.16. The first kappa shape index (κ1) is 19.9. The van der Waals surface area contributed by atoms with Gasteiger partial charge in [-0.3, -0.25) is 9.59 Å². The van der Waals surface area contributed by atoms with E-state index in [-0.39, 0.29) is 18.4 Å². The van der Waals surface area contributed by atoms with Crippen LogP contribution in [-0.4, -0.2) is 31.4 Å². The Hall–Kier alpha value is -2.37. The molecular formula is C20H28N2O4. The van der Waals surface area contributed by atoms with Gasteiger partial charge in [0.2, 0.25) is 11.8 Å². The average Bonchev–Trinajstić information content (AvgIpc) is 2.63. The molecule has 0 aromatic heterocycles. The van der Waals surface area contributed by atoms with Gasteiger partial charge in [0.25, 0.3) is 0 Å². The maximum atomic E-state index is 12.1. The van der Waals surface area contributed by atoms with Crippen LogP contribution in [0.1, 0.15) is 60.0 Å². The van der Waals surface area contributed by atoms with Crippen molar-refractivity contribution in [3.8, 4) is 0 Å². The Bertz CT molecular complexity index is 679. The summed E-state index contributed by atoms with van der Waals surface area (Å²) in [6.45, 7) is 3.62. The summed E-state index contributed by atoms with van der Waals surface area (Å²) in [4.78, 5) is 35.9. The molecule has 26 heavy (non-hydrogen) atoms. The third-order valence-electron chi connectivity index (χ3n) is 5.00. The fourth-order valence-corrected chi connectivity index (χ4v) is 3.36. The molecule has 0 saturated heterocycles. The molecule has 6 nitrogen and oxygen atoms in total. The van der Waals surface area contributed by atoms with Crippen LogP contribution in [0.25, 0.3) is 0 Å². The van der Waals surface area contributed by atoms with Crippen molar-refractivity contribution in [3.63, 3.8) is 0 Å². The van der Waals surface area contributed by atoms with Crippen LogP contribution >= 0.6 is 0 Å². The van der Waals surface area contributed by atoms with E-state index in [2.05, 4.69) is 10.6 Å². The highest BCUT2D eigenvalue weighted by atomic mass is 16.5. The van der Waals surface area contributed by atoms with Crippen molar-refractivity contribution in [2.24, 2.45) is 5.92 Å². The molecule has 2 amide bonds. The summed E-state index contributed by atoms with van der Waals surface area (Å²) in [6.07, 6.45) is 6.31. The number of ether oxygens (including phenoxy) is 1. The van der Waals surface area contributed by atoms with Gasteiger partial charge in [-0.05, 0) is 55.9 Å². The molecule has 0 bridgehead atoms. The van der Waals surface area contributed by atoms with Crippen molar-refractivity contribution < 1.29 is 19.1 Å². The molecule has 1 fully saturated rings. The van der Waals surface area contributed by atoms with Crippen molar-refractivity contribution in [1.29, 1.82) is 0 Å². The molecule has 2 rings (SSSR count). The number of amides is 2. The van der Waals surface area contributed by atoms with Crippen molar-refractivity contribution >= 4 is 23.5 Å². The van der Waals surface area contributed by atoms with Crippen LogP contribution < -0.4 is 10.6 Å². The maximum Gasteiger partial charge on any atom is 0.338 e. The van der Waals surface area contributed by atoms with E-state index >= 15 is 0 Å². The van der Waals surface area contributed by atoms with E-state index in [0.29, 0.717) is 23.6 Å². The third-order valence-corrected chi connectivity index (χ3v) is 5.00. The van der Waals surface area contributed by atoms with E-state index in [1.54, 1.807) is 12.1 Å². The van der Waals surface area contributed by atoms with Crippen LogP contribution in [0, 0.1) is 19.8 Å². The minimum Gasteiger partial charge on any atom is -0.465 e. The van der Waals surface area contributed by atoms with Crippen LogP contribution in [-0.2, 0) is 14.3 Å². The van der Waals surface area contributed by atoms with Crippen molar-refractivity contribution in [3.05, 3.63) is 28.8 Å². The molecule has 1 aliphatic carbocycles. The van der Waals surface area contributed by atoms with E-state index < -0.39 is 5.97 Å². The molecule has 142 valence electrons. The first-order valence-corrected chi connectivity index (χ1v) is 9.16. The number of esters is 1. The lowest BCUT2D eigenvalue weighted by Gasteiger charge is -2.20. The van der Waals surface area contributed by atoms with Crippen LogP contribution in [0.2, 0.25) is 0 Å². The quantitative estimate of drug-likeness (QED) is 0.764. The molecule has 0 spiro atoms. The molecule has 1 saturated carbocycles. The molecule has 0 aliphatic heterocycles. The van der Waals surface area contributed by atoms with Gasteiger partial charge >= 0.3 is 5.97 Å². The minimum atomic E-state index is -0.442. The number of anilines is 1. The van der Waals surface area contributed by atoms with E-state index in [1.807, 2.05) is 13.8 Å². The molecular weight excluding hydrogens is 332 g/mol. The van der Waals surface area contributed by atoms with E-state index in [0.717, 1.165) is 24.0 Å². The lowest BCUT2D eigenvalue weighted by Crippen LogP contribution is -2.34.